The fraction of sp³-hybridized carbons (Fsp3) is 0.0500. The van der Waals surface area contributed by atoms with Crippen LogP contribution in [-0.2, 0) is 10.0 Å². The summed E-state index contributed by atoms with van der Waals surface area (Å²) >= 11 is 0. The lowest BCUT2D eigenvalue weighted by molar-refractivity contribution is 0.414. The van der Waals surface area contributed by atoms with E-state index in [2.05, 4.69) is 15.3 Å². The third-order valence-electron chi connectivity index (χ3n) is 4.30. The van der Waals surface area contributed by atoms with Gasteiger partial charge in [0.1, 0.15) is 23.0 Å². The quantitative estimate of drug-likeness (QED) is 0.501. The molecule has 2 aromatic heterocycles. The molecule has 7 nitrogen and oxygen atoms in total. The van der Waals surface area contributed by atoms with E-state index < -0.39 is 15.8 Å². The van der Waals surface area contributed by atoms with Gasteiger partial charge in [0.15, 0.2) is 0 Å². The van der Waals surface area contributed by atoms with E-state index in [0.29, 0.717) is 22.6 Å². The Labute approximate surface area is 166 Å². The largest absolute Gasteiger partial charge is 0.497 e. The maximum Gasteiger partial charge on any atom is 0.284 e. The van der Waals surface area contributed by atoms with Gasteiger partial charge in [0.2, 0.25) is 0 Å². The van der Waals surface area contributed by atoms with Crippen molar-refractivity contribution < 1.29 is 17.5 Å². The van der Waals surface area contributed by atoms with E-state index in [1.54, 1.807) is 36.7 Å². The number of methoxy groups -OCH3 is 1. The molecule has 0 aliphatic carbocycles. The van der Waals surface area contributed by atoms with Crippen LogP contribution in [0.5, 0.6) is 5.75 Å². The molecule has 0 saturated heterocycles. The predicted molar refractivity (Wildman–Crippen MR) is 104 cm³/mol. The van der Waals surface area contributed by atoms with E-state index in [4.69, 9.17) is 4.74 Å². The topological polar surface area (TPSA) is 87.0 Å². The van der Waals surface area contributed by atoms with Crippen LogP contribution < -0.4 is 4.74 Å². The van der Waals surface area contributed by atoms with E-state index in [1.165, 1.54) is 43.5 Å². The van der Waals surface area contributed by atoms with Crippen molar-refractivity contribution in [3.05, 3.63) is 78.9 Å². The molecule has 0 saturated carbocycles. The van der Waals surface area contributed by atoms with Crippen molar-refractivity contribution in [2.75, 3.05) is 7.11 Å². The number of ether oxygens (including phenoxy) is 1. The smallest absolute Gasteiger partial charge is 0.284 e. The molecule has 0 aliphatic heterocycles. The molecular formula is C20H15FN4O3S. The Morgan fingerprint density at radius 1 is 0.897 bits per heavy atom. The highest BCUT2D eigenvalue weighted by molar-refractivity contribution is 7.90. The Bertz CT molecular complexity index is 1240. The molecule has 0 atom stereocenters. The molecule has 29 heavy (non-hydrogen) atoms. The zero-order valence-corrected chi connectivity index (χ0v) is 16.0. The van der Waals surface area contributed by atoms with Crippen LogP contribution in [0.1, 0.15) is 0 Å². The van der Waals surface area contributed by atoms with E-state index in [-0.39, 0.29) is 10.6 Å². The van der Waals surface area contributed by atoms with Gasteiger partial charge in [-0.25, -0.2) is 4.39 Å². The highest BCUT2D eigenvalue weighted by Gasteiger charge is 2.27. The Balaban J connectivity index is 1.92. The van der Waals surface area contributed by atoms with Gasteiger partial charge in [-0.05, 0) is 60.7 Å². The molecule has 0 spiro atoms. The lowest BCUT2D eigenvalue weighted by Crippen LogP contribution is -2.16. The second kappa shape index (κ2) is 7.44. The number of nitrogens with zero attached hydrogens (tertiary/aromatic N) is 4. The molecule has 4 rings (SSSR count). The second-order valence-electron chi connectivity index (χ2n) is 6.05. The van der Waals surface area contributed by atoms with Crippen LogP contribution in [0.25, 0.3) is 22.5 Å². The average Bonchev–Trinajstić information content (AvgIpc) is 3.21. The van der Waals surface area contributed by atoms with Crippen molar-refractivity contribution in [3.8, 4) is 28.3 Å². The number of halogens is 1. The summed E-state index contributed by atoms with van der Waals surface area (Å²) in [5.41, 5.74) is 1.67. The fourth-order valence-electron chi connectivity index (χ4n) is 2.84. The monoisotopic (exact) mass is 410 g/mol. The summed E-state index contributed by atoms with van der Waals surface area (Å²) < 4.78 is 45.9. The minimum atomic E-state index is -4.05. The van der Waals surface area contributed by atoms with Gasteiger partial charge in [0, 0.05) is 23.5 Å². The van der Waals surface area contributed by atoms with Crippen molar-refractivity contribution >= 4 is 10.0 Å². The van der Waals surface area contributed by atoms with Crippen LogP contribution in [0.4, 0.5) is 4.39 Å². The van der Waals surface area contributed by atoms with Crippen LogP contribution in [0.2, 0.25) is 0 Å². The van der Waals surface area contributed by atoms with E-state index in [1.807, 2.05) is 0 Å². The number of hydrogen-bond acceptors (Lipinski definition) is 6. The summed E-state index contributed by atoms with van der Waals surface area (Å²) in [7, 11) is -2.55. The minimum Gasteiger partial charge on any atom is -0.497 e. The fourth-order valence-corrected chi connectivity index (χ4v) is 4.09. The van der Waals surface area contributed by atoms with Crippen molar-refractivity contribution in [1.82, 2.24) is 19.4 Å². The maximum absolute atomic E-state index is 13.3. The van der Waals surface area contributed by atoms with Gasteiger partial charge in [0.25, 0.3) is 10.0 Å². The first-order chi connectivity index (χ1) is 14.0. The summed E-state index contributed by atoms with van der Waals surface area (Å²) in [5, 5.41) is 8.00. The van der Waals surface area contributed by atoms with Gasteiger partial charge in [-0.1, -0.05) is 5.21 Å². The Kier molecular flexibility index (Phi) is 4.81. The maximum atomic E-state index is 13.3. The zero-order chi connectivity index (χ0) is 20.4. The number of pyridine rings is 1. The Morgan fingerprint density at radius 3 is 2.17 bits per heavy atom. The average molecular weight is 410 g/mol. The molecule has 0 fully saturated rings. The normalized spacial score (nSPS) is 11.4. The molecule has 0 N–H and O–H groups in total. The van der Waals surface area contributed by atoms with Crippen molar-refractivity contribution in [2.45, 2.75) is 4.90 Å². The summed E-state index contributed by atoms with van der Waals surface area (Å²) in [6.07, 6.45) is 3.09. The third kappa shape index (κ3) is 3.47. The summed E-state index contributed by atoms with van der Waals surface area (Å²) in [6.45, 7) is 0. The van der Waals surface area contributed by atoms with Gasteiger partial charge in [-0.2, -0.15) is 8.42 Å². The molecule has 146 valence electrons. The number of benzene rings is 2. The lowest BCUT2D eigenvalue weighted by atomic mass is 10.1. The first kappa shape index (κ1) is 18.8. The molecule has 4 aromatic rings. The molecule has 0 unspecified atom stereocenters. The molecule has 2 aromatic carbocycles. The summed E-state index contributed by atoms with van der Waals surface area (Å²) in [6, 6.07) is 14.9. The van der Waals surface area contributed by atoms with E-state index >= 15 is 0 Å². The molecule has 0 bridgehead atoms. The Hall–Kier alpha value is -3.59. The van der Waals surface area contributed by atoms with Crippen molar-refractivity contribution in [2.24, 2.45) is 0 Å². The van der Waals surface area contributed by atoms with Crippen LogP contribution in [0.3, 0.4) is 0 Å². The van der Waals surface area contributed by atoms with Crippen molar-refractivity contribution in [3.63, 3.8) is 0 Å². The molecule has 0 aliphatic rings. The molecule has 2 heterocycles. The van der Waals surface area contributed by atoms with E-state index in [9.17, 15) is 12.8 Å². The van der Waals surface area contributed by atoms with Crippen LogP contribution in [0, 0.1) is 5.82 Å². The standard InChI is InChI=1S/C20H15FN4O3S/c1-28-17-6-8-18(9-7-17)29(26,27)25-20(15-10-12-22-13-11-15)19(23-24-25)14-2-4-16(21)5-3-14/h2-13H,1H3. The number of hydrogen-bond donors (Lipinski definition) is 0. The highest BCUT2D eigenvalue weighted by atomic mass is 32.2. The second-order valence-corrected chi connectivity index (χ2v) is 7.82. The van der Waals surface area contributed by atoms with Gasteiger partial charge in [-0.3, -0.25) is 4.98 Å². The van der Waals surface area contributed by atoms with Crippen molar-refractivity contribution in [1.29, 1.82) is 0 Å². The zero-order valence-electron chi connectivity index (χ0n) is 15.2. The van der Waals surface area contributed by atoms with Gasteiger partial charge < -0.3 is 4.74 Å². The van der Waals surface area contributed by atoms with Crippen LogP contribution >= 0.6 is 0 Å². The first-order valence-corrected chi connectivity index (χ1v) is 9.96. The summed E-state index contributed by atoms with van der Waals surface area (Å²) in [5.74, 6) is 0.126. The first-order valence-electron chi connectivity index (χ1n) is 8.52. The predicted octanol–water partition coefficient (Wildman–Crippen LogP) is 3.39. The highest BCUT2D eigenvalue weighted by Crippen LogP contribution is 2.32. The lowest BCUT2D eigenvalue weighted by Gasteiger charge is -2.10. The number of rotatable bonds is 5. The Morgan fingerprint density at radius 2 is 1.55 bits per heavy atom. The SMILES string of the molecule is COc1ccc(S(=O)(=O)n2nnc(-c3ccc(F)cc3)c2-c2ccncc2)cc1. The molecule has 0 radical (unpaired) electrons. The summed E-state index contributed by atoms with van der Waals surface area (Å²) in [4.78, 5) is 4.01. The van der Waals surface area contributed by atoms with Gasteiger partial charge >= 0.3 is 0 Å². The third-order valence-corrected chi connectivity index (χ3v) is 5.88. The van der Waals surface area contributed by atoms with Gasteiger partial charge in [0.05, 0.1) is 12.0 Å². The van der Waals surface area contributed by atoms with Crippen LogP contribution in [0.15, 0.2) is 78.0 Å². The molecule has 0 amide bonds. The molecule has 9 heteroatoms. The van der Waals surface area contributed by atoms with Gasteiger partial charge in [-0.15, -0.1) is 9.19 Å². The number of aromatic nitrogens is 4. The van der Waals surface area contributed by atoms with E-state index in [0.717, 1.165) is 4.09 Å². The minimum absolute atomic E-state index is 0.0316. The van der Waals surface area contributed by atoms with Crippen LogP contribution in [-0.4, -0.2) is 34.9 Å². The molecular weight excluding hydrogens is 395 g/mol.